The number of halogens is 1. The number of carboxylic acid groups (broad SMARTS) is 1. The fourth-order valence-electron chi connectivity index (χ4n) is 2.34. The van der Waals surface area contributed by atoms with Crippen molar-refractivity contribution in [1.29, 1.82) is 0 Å². The highest BCUT2D eigenvalue weighted by atomic mass is 35.5. The number of anilines is 1. The lowest BCUT2D eigenvalue weighted by Crippen LogP contribution is -2.17. The molecule has 0 unspecified atom stereocenters. The Bertz CT molecular complexity index is 495. The van der Waals surface area contributed by atoms with E-state index in [9.17, 15) is 9.59 Å². The van der Waals surface area contributed by atoms with Gasteiger partial charge < -0.3 is 10.4 Å². The number of carbonyl (C=O) groups excluding carboxylic acids is 1. The molecule has 1 aliphatic carbocycles. The van der Waals surface area contributed by atoms with E-state index in [1.165, 1.54) is 0 Å². The van der Waals surface area contributed by atoms with E-state index in [1.807, 2.05) is 0 Å². The second-order valence-electron chi connectivity index (χ2n) is 5.11. The summed E-state index contributed by atoms with van der Waals surface area (Å²) in [5, 5.41) is 12.3. The van der Waals surface area contributed by atoms with Gasteiger partial charge in [0, 0.05) is 10.7 Å². The number of aliphatic carboxylic acids is 1. The molecule has 2 atom stereocenters. The standard InChI is InChI=1S/C13H14ClNO3/c1-13(2)9(10(13)12(17)18)11(16)15-8-5-3-7(14)4-6-8/h3-6,9-10H,1-2H3,(H,15,16)(H,17,18)/t9-,10+/m0/s1. The topological polar surface area (TPSA) is 66.4 Å². The van der Waals surface area contributed by atoms with Crippen LogP contribution in [0.5, 0.6) is 0 Å². The molecule has 2 rings (SSSR count). The van der Waals surface area contributed by atoms with Crippen molar-refractivity contribution in [3.63, 3.8) is 0 Å². The number of amides is 1. The Morgan fingerprint density at radius 3 is 2.22 bits per heavy atom. The summed E-state index contributed by atoms with van der Waals surface area (Å²) in [5.41, 5.74) is 0.138. The first-order valence-corrected chi connectivity index (χ1v) is 6.01. The monoisotopic (exact) mass is 267 g/mol. The van der Waals surface area contributed by atoms with Crippen LogP contribution < -0.4 is 5.32 Å². The van der Waals surface area contributed by atoms with E-state index >= 15 is 0 Å². The van der Waals surface area contributed by atoms with Gasteiger partial charge >= 0.3 is 5.97 Å². The lowest BCUT2D eigenvalue weighted by atomic mass is 10.1. The molecule has 0 bridgehead atoms. The number of nitrogens with one attached hydrogen (secondary N) is 1. The molecule has 2 N–H and O–H groups in total. The second kappa shape index (κ2) is 4.28. The van der Waals surface area contributed by atoms with Gasteiger partial charge in [-0.05, 0) is 29.7 Å². The van der Waals surface area contributed by atoms with E-state index in [0.717, 1.165) is 0 Å². The fraction of sp³-hybridized carbons (Fsp3) is 0.385. The Morgan fingerprint density at radius 2 is 1.78 bits per heavy atom. The average molecular weight is 268 g/mol. The third kappa shape index (κ3) is 2.20. The Kier molecular flexibility index (Phi) is 3.07. The molecular weight excluding hydrogens is 254 g/mol. The first kappa shape index (κ1) is 12.9. The van der Waals surface area contributed by atoms with E-state index in [2.05, 4.69) is 5.32 Å². The van der Waals surface area contributed by atoms with Gasteiger partial charge in [-0.3, -0.25) is 9.59 Å². The zero-order chi connectivity index (χ0) is 13.5. The Labute approximate surface area is 110 Å². The molecule has 0 saturated heterocycles. The summed E-state index contributed by atoms with van der Waals surface area (Å²) in [6, 6.07) is 6.71. The molecule has 0 heterocycles. The van der Waals surface area contributed by atoms with Gasteiger partial charge in [0.15, 0.2) is 0 Å². The number of rotatable bonds is 3. The van der Waals surface area contributed by atoms with Gasteiger partial charge in [0.2, 0.25) is 5.91 Å². The van der Waals surface area contributed by atoms with E-state index in [0.29, 0.717) is 10.7 Å². The van der Waals surface area contributed by atoms with Gasteiger partial charge in [-0.15, -0.1) is 0 Å². The Morgan fingerprint density at radius 1 is 1.22 bits per heavy atom. The SMILES string of the molecule is CC1(C)[C@H](C(=O)Nc2ccc(Cl)cc2)[C@@H]1C(=O)O. The largest absolute Gasteiger partial charge is 0.481 e. The molecule has 0 spiro atoms. The van der Waals surface area contributed by atoms with Crippen molar-refractivity contribution in [2.45, 2.75) is 13.8 Å². The van der Waals surface area contributed by atoms with Gasteiger partial charge in [0.05, 0.1) is 11.8 Å². The number of benzene rings is 1. The molecule has 0 aliphatic heterocycles. The van der Waals surface area contributed by atoms with Crippen molar-refractivity contribution in [2.24, 2.45) is 17.3 Å². The van der Waals surface area contributed by atoms with Crippen LogP contribution >= 0.6 is 11.6 Å². The third-order valence-electron chi connectivity index (χ3n) is 3.49. The second-order valence-corrected chi connectivity index (χ2v) is 5.55. The van der Waals surface area contributed by atoms with Crippen molar-refractivity contribution in [3.05, 3.63) is 29.3 Å². The highest BCUT2D eigenvalue weighted by Gasteiger charge is 2.65. The van der Waals surface area contributed by atoms with Crippen LogP contribution in [0.15, 0.2) is 24.3 Å². The van der Waals surface area contributed by atoms with Crippen LogP contribution in [-0.4, -0.2) is 17.0 Å². The quantitative estimate of drug-likeness (QED) is 0.885. The summed E-state index contributed by atoms with van der Waals surface area (Å²) in [4.78, 5) is 23.0. The number of hydrogen-bond acceptors (Lipinski definition) is 2. The van der Waals surface area contributed by atoms with Crippen molar-refractivity contribution in [1.82, 2.24) is 0 Å². The normalized spacial score (nSPS) is 24.4. The maximum absolute atomic E-state index is 12.0. The molecule has 1 amide bonds. The predicted molar refractivity (Wildman–Crippen MR) is 68.5 cm³/mol. The first-order valence-electron chi connectivity index (χ1n) is 5.63. The first-order chi connectivity index (χ1) is 8.34. The zero-order valence-electron chi connectivity index (χ0n) is 10.1. The van der Waals surface area contributed by atoms with Crippen LogP contribution in [-0.2, 0) is 9.59 Å². The van der Waals surface area contributed by atoms with Crippen molar-refractivity contribution >= 4 is 29.2 Å². The summed E-state index contributed by atoms with van der Waals surface area (Å²) in [5.74, 6) is -2.26. The van der Waals surface area contributed by atoms with E-state index in [4.69, 9.17) is 16.7 Å². The molecule has 18 heavy (non-hydrogen) atoms. The molecule has 1 aromatic rings. The molecule has 5 heteroatoms. The van der Waals surface area contributed by atoms with Gasteiger partial charge in [-0.25, -0.2) is 0 Å². The van der Waals surface area contributed by atoms with Crippen LogP contribution in [0, 0.1) is 17.3 Å². The summed E-state index contributed by atoms with van der Waals surface area (Å²) in [6.07, 6.45) is 0. The van der Waals surface area contributed by atoms with Crippen molar-refractivity contribution in [2.75, 3.05) is 5.32 Å². The minimum absolute atomic E-state index is 0.255. The number of hydrogen-bond donors (Lipinski definition) is 2. The minimum atomic E-state index is -0.920. The Balaban J connectivity index is 2.06. The van der Waals surface area contributed by atoms with E-state index in [1.54, 1.807) is 38.1 Å². The van der Waals surface area contributed by atoms with Crippen LogP contribution in [0.2, 0.25) is 5.02 Å². The van der Waals surface area contributed by atoms with Crippen LogP contribution in [0.1, 0.15) is 13.8 Å². The Hall–Kier alpha value is -1.55. The lowest BCUT2D eigenvalue weighted by Gasteiger charge is -2.05. The van der Waals surface area contributed by atoms with Gasteiger partial charge in [-0.1, -0.05) is 25.4 Å². The lowest BCUT2D eigenvalue weighted by molar-refractivity contribution is -0.140. The highest BCUT2D eigenvalue weighted by Crippen LogP contribution is 2.58. The van der Waals surface area contributed by atoms with Crippen LogP contribution in [0.4, 0.5) is 5.69 Å². The summed E-state index contributed by atoms with van der Waals surface area (Å²) >= 11 is 5.74. The molecule has 96 valence electrons. The van der Waals surface area contributed by atoms with Crippen LogP contribution in [0.3, 0.4) is 0 Å². The minimum Gasteiger partial charge on any atom is -0.481 e. The van der Waals surface area contributed by atoms with Gasteiger partial charge in [0.1, 0.15) is 0 Å². The third-order valence-corrected chi connectivity index (χ3v) is 3.74. The predicted octanol–water partition coefficient (Wildman–Crippen LogP) is 2.64. The average Bonchev–Trinajstić information content (AvgIpc) is 2.85. The maximum atomic E-state index is 12.0. The summed E-state index contributed by atoms with van der Waals surface area (Å²) < 4.78 is 0. The van der Waals surface area contributed by atoms with Gasteiger partial charge in [0.25, 0.3) is 0 Å². The van der Waals surface area contributed by atoms with E-state index < -0.39 is 23.2 Å². The fourth-order valence-corrected chi connectivity index (χ4v) is 2.47. The molecule has 1 aromatic carbocycles. The molecule has 0 aromatic heterocycles. The van der Waals surface area contributed by atoms with Crippen molar-refractivity contribution < 1.29 is 14.7 Å². The number of carbonyl (C=O) groups is 2. The summed E-state index contributed by atoms with van der Waals surface area (Å²) in [7, 11) is 0. The van der Waals surface area contributed by atoms with Gasteiger partial charge in [-0.2, -0.15) is 0 Å². The smallest absolute Gasteiger partial charge is 0.307 e. The molecule has 4 nitrogen and oxygen atoms in total. The zero-order valence-corrected chi connectivity index (χ0v) is 10.9. The molecule has 1 fully saturated rings. The van der Waals surface area contributed by atoms with Crippen LogP contribution in [0.25, 0.3) is 0 Å². The maximum Gasteiger partial charge on any atom is 0.307 e. The summed E-state index contributed by atoms with van der Waals surface area (Å²) in [6.45, 7) is 3.58. The molecule has 0 radical (unpaired) electrons. The van der Waals surface area contributed by atoms with E-state index in [-0.39, 0.29) is 5.91 Å². The molecule has 1 saturated carbocycles. The molecule has 1 aliphatic rings. The molecular formula is C13H14ClNO3. The number of carboxylic acids is 1. The highest BCUT2D eigenvalue weighted by molar-refractivity contribution is 6.30. The van der Waals surface area contributed by atoms with Crippen molar-refractivity contribution in [3.8, 4) is 0 Å².